The van der Waals surface area contributed by atoms with Crippen molar-refractivity contribution in [1.29, 1.82) is 0 Å². The van der Waals surface area contributed by atoms with Crippen molar-refractivity contribution >= 4 is 21.8 Å². The first-order chi connectivity index (χ1) is 8.04. The molecule has 0 aromatic rings. The summed E-state index contributed by atoms with van der Waals surface area (Å²) in [6.07, 6.45) is 2.77. The van der Waals surface area contributed by atoms with Crippen LogP contribution in [-0.2, 0) is 10.2 Å². The van der Waals surface area contributed by atoms with Crippen LogP contribution in [0.25, 0.3) is 0 Å². The fourth-order valence-corrected chi connectivity index (χ4v) is 4.65. The first-order valence-electron chi connectivity index (χ1n) is 6.35. The molecule has 0 radical (unpaired) electrons. The highest BCUT2D eigenvalue weighted by Crippen LogP contribution is 2.25. The predicted octanol–water partition coefficient (Wildman–Crippen LogP) is 1.52. The highest BCUT2D eigenvalue weighted by atomic mass is 35.5. The maximum atomic E-state index is 12.3. The van der Waals surface area contributed by atoms with Crippen molar-refractivity contribution in [1.82, 2.24) is 8.61 Å². The van der Waals surface area contributed by atoms with Gasteiger partial charge < -0.3 is 0 Å². The van der Waals surface area contributed by atoms with Gasteiger partial charge in [-0.2, -0.15) is 17.0 Å². The number of alkyl halides is 1. The van der Waals surface area contributed by atoms with Crippen molar-refractivity contribution < 1.29 is 8.42 Å². The Morgan fingerprint density at radius 2 is 1.71 bits per heavy atom. The first kappa shape index (κ1) is 13.6. The summed E-state index contributed by atoms with van der Waals surface area (Å²) in [6.45, 7) is 4.72. The molecule has 2 aliphatic heterocycles. The lowest BCUT2D eigenvalue weighted by atomic mass is 10.0. The Hall–Kier alpha value is 0.160. The number of halogens is 1. The van der Waals surface area contributed by atoms with Gasteiger partial charge in [0.2, 0.25) is 0 Å². The van der Waals surface area contributed by atoms with E-state index >= 15 is 0 Å². The van der Waals surface area contributed by atoms with Gasteiger partial charge in [-0.15, -0.1) is 11.6 Å². The van der Waals surface area contributed by atoms with Crippen molar-refractivity contribution in [3.63, 3.8) is 0 Å². The second-order valence-corrected chi connectivity index (χ2v) is 7.49. The Morgan fingerprint density at radius 3 is 2.18 bits per heavy atom. The molecule has 2 saturated heterocycles. The van der Waals surface area contributed by atoms with Gasteiger partial charge in [0.1, 0.15) is 0 Å². The summed E-state index contributed by atoms with van der Waals surface area (Å²) in [7, 11) is -3.20. The number of hydrogen-bond donors (Lipinski definition) is 0. The monoisotopic (exact) mass is 280 g/mol. The number of piperidine rings is 1. The SMILES string of the molecule is CC1CCN(S(=O)(=O)N2CCC(CCl)CC2)C1. The molecule has 0 amide bonds. The van der Waals surface area contributed by atoms with E-state index in [9.17, 15) is 8.42 Å². The summed E-state index contributed by atoms with van der Waals surface area (Å²) in [5.41, 5.74) is 0. The molecule has 0 spiro atoms. The summed E-state index contributed by atoms with van der Waals surface area (Å²) < 4.78 is 28.0. The molecule has 1 atom stereocenters. The van der Waals surface area contributed by atoms with E-state index in [2.05, 4.69) is 6.92 Å². The fraction of sp³-hybridized carbons (Fsp3) is 1.00. The van der Waals surface area contributed by atoms with Crippen LogP contribution >= 0.6 is 11.6 Å². The van der Waals surface area contributed by atoms with Crippen molar-refractivity contribution in [3.8, 4) is 0 Å². The largest absolute Gasteiger partial charge is 0.281 e. The molecule has 4 nitrogen and oxygen atoms in total. The normalized spacial score (nSPS) is 29.9. The van der Waals surface area contributed by atoms with Crippen LogP contribution in [0, 0.1) is 11.8 Å². The lowest BCUT2D eigenvalue weighted by Gasteiger charge is -2.33. The smallest absolute Gasteiger partial charge is 0.195 e. The van der Waals surface area contributed by atoms with E-state index in [0.29, 0.717) is 43.9 Å². The van der Waals surface area contributed by atoms with Crippen molar-refractivity contribution in [3.05, 3.63) is 0 Å². The van der Waals surface area contributed by atoms with Crippen molar-refractivity contribution in [2.75, 3.05) is 32.1 Å². The molecule has 0 N–H and O–H groups in total. The minimum absolute atomic E-state index is 0.487. The van der Waals surface area contributed by atoms with Crippen LogP contribution < -0.4 is 0 Å². The second-order valence-electron chi connectivity index (χ2n) is 5.26. The van der Waals surface area contributed by atoms with E-state index < -0.39 is 10.2 Å². The van der Waals surface area contributed by atoms with Gasteiger partial charge in [0.15, 0.2) is 0 Å². The molecule has 0 aromatic carbocycles. The third-order valence-electron chi connectivity index (χ3n) is 3.83. The van der Waals surface area contributed by atoms with Gasteiger partial charge in [-0.05, 0) is 31.1 Å². The van der Waals surface area contributed by atoms with Crippen LogP contribution in [0.1, 0.15) is 26.2 Å². The zero-order valence-electron chi connectivity index (χ0n) is 10.3. The van der Waals surface area contributed by atoms with Gasteiger partial charge in [-0.25, -0.2) is 0 Å². The highest BCUT2D eigenvalue weighted by molar-refractivity contribution is 7.86. The standard InChI is InChI=1S/C11H21ClN2O2S/c1-10-2-5-14(9-10)17(15,16)13-6-3-11(8-12)4-7-13/h10-11H,2-9H2,1H3. The Balaban J connectivity index is 1.97. The molecule has 17 heavy (non-hydrogen) atoms. The van der Waals surface area contributed by atoms with Gasteiger partial charge in [-0.3, -0.25) is 0 Å². The molecular weight excluding hydrogens is 260 g/mol. The summed E-state index contributed by atoms with van der Waals surface area (Å²) in [6, 6.07) is 0. The molecule has 0 aliphatic carbocycles. The maximum Gasteiger partial charge on any atom is 0.281 e. The Labute approximate surface area is 109 Å². The van der Waals surface area contributed by atoms with Crippen LogP contribution in [0.3, 0.4) is 0 Å². The van der Waals surface area contributed by atoms with Crippen LogP contribution in [-0.4, -0.2) is 49.1 Å². The maximum absolute atomic E-state index is 12.3. The van der Waals surface area contributed by atoms with Crippen LogP contribution in [0.15, 0.2) is 0 Å². The average molecular weight is 281 g/mol. The predicted molar refractivity (Wildman–Crippen MR) is 69.3 cm³/mol. The molecule has 2 aliphatic rings. The zero-order valence-corrected chi connectivity index (χ0v) is 11.9. The molecule has 2 fully saturated rings. The molecule has 2 heterocycles. The van der Waals surface area contributed by atoms with E-state index in [0.717, 1.165) is 19.3 Å². The third kappa shape index (κ3) is 2.95. The van der Waals surface area contributed by atoms with Gasteiger partial charge in [0.25, 0.3) is 10.2 Å². The van der Waals surface area contributed by atoms with Crippen LogP contribution in [0.4, 0.5) is 0 Å². The minimum Gasteiger partial charge on any atom is -0.195 e. The summed E-state index contributed by atoms with van der Waals surface area (Å²) in [4.78, 5) is 0. The van der Waals surface area contributed by atoms with Gasteiger partial charge in [0.05, 0.1) is 0 Å². The van der Waals surface area contributed by atoms with Crippen molar-refractivity contribution in [2.45, 2.75) is 26.2 Å². The Kier molecular flexibility index (Phi) is 4.34. The fourth-order valence-electron chi connectivity index (χ4n) is 2.56. The molecule has 0 bridgehead atoms. The molecule has 2 rings (SSSR count). The van der Waals surface area contributed by atoms with Crippen molar-refractivity contribution in [2.24, 2.45) is 11.8 Å². The molecule has 6 heteroatoms. The highest BCUT2D eigenvalue weighted by Gasteiger charge is 2.35. The van der Waals surface area contributed by atoms with Gasteiger partial charge in [0, 0.05) is 32.1 Å². The number of nitrogens with zero attached hydrogens (tertiary/aromatic N) is 2. The van der Waals surface area contributed by atoms with E-state index in [4.69, 9.17) is 11.6 Å². The molecule has 1 unspecified atom stereocenters. The second kappa shape index (κ2) is 5.43. The van der Waals surface area contributed by atoms with E-state index in [1.165, 1.54) is 0 Å². The summed E-state index contributed by atoms with van der Waals surface area (Å²) in [5, 5.41) is 0. The molecule has 0 saturated carbocycles. The summed E-state index contributed by atoms with van der Waals surface area (Å²) >= 11 is 5.81. The number of hydrogen-bond acceptors (Lipinski definition) is 2. The average Bonchev–Trinajstić information content (AvgIpc) is 2.77. The van der Waals surface area contributed by atoms with E-state index in [1.54, 1.807) is 8.61 Å². The molecular formula is C11H21ClN2O2S. The van der Waals surface area contributed by atoms with E-state index in [1.807, 2.05) is 0 Å². The van der Waals surface area contributed by atoms with Crippen LogP contribution in [0.2, 0.25) is 0 Å². The zero-order chi connectivity index (χ0) is 12.5. The lowest BCUT2D eigenvalue weighted by molar-refractivity contribution is 0.271. The first-order valence-corrected chi connectivity index (χ1v) is 8.28. The molecule has 100 valence electrons. The van der Waals surface area contributed by atoms with Gasteiger partial charge in [-0.1, -0.05) is 6.92 Å². The number of rotatable bonds is 3. The van der Waals surface area contributed by atoms with Gasteiger partial charge >= 0.3 is 0 Å². The lowest BCUT2D eigenvalue weighted by Crippen LogP contribution is -2.46. The third-order valence-corrected chi connectivity index (χ3v) is 6.27. The Bertz CT molecular complexity index is 352. The quantitative estimate of drug-likeness (QED) is 0.736. The topological polar surface area (TPSA) is 40.6 Å². The summed E-state index contributed by atoms with van der Waals surface area (Å²) in [5.74, 6) is 1.63. The minimum atomic E-state index is -3.20. The van der Waals surface area contributed by atoms with Crippen LogP contribution in [0.5, 0.6) is 0 Å². The Morgan fingerprint density at radius 1 is 1.12 bits per heavy atom. The van der Waals surface area contributed by atoms with E-state index in [-0.39, 0.29) is 0 Å². The molecule has 0 aromatic heterocycles.